The van der Waals surface area contributed by atoms with Crippen LogP contribution in [0.2, 0.25) is 4.34 Å². The maximum Gasteiger partial charge on any atom is 0.253 e. The number of carbonyl (C=O) groups excluding carboxylic acids is 2. The second kappa shape index (κ2) is 8.10. The third-order valence-corrected chi connectivity index (χ3v) is 8.03. The maximum atomic E-state index is 12.9. The summed E-state index contributed by atoms with van der Waals surface area (Å²) in [6.45, 7) is 1.76. The molecule has 0 spiro atoms. The number of nitrogens with one attached hydrogen (secondary N) is 1. The fourth-order valence-corrected chi connectivity index (χ4v) is 6.29. The number of anilines is 1. The van der Waals surface area contributed by atoms with Crippen LogP contribution in [0.3, 0.4) is 0 Å². The van der Waals surface area contributed by atoms with E-state index in [1.165, 1.54) is 23.4 Å². The minimum absolute atomic E-state index is 0.0629. The molecule has 0 bridgehead atoms. The summed E-state index contributed by atoms with van der Waals surface area (Å²) < 4.78 is 27.7. The molecule has 3 rings (SSSR count). The van der Waals surface area contributed by atoms with Gasteiger partial charge in [-0.05, 0) is 56.2 Å². The number of piperidine rings is 1. The van der Waals surface area contributed by atoms with E-state index in [-0.39, 0.29) is 15.9 Å². The number of ketones is 1. The number of Topliss-reactive ketones (excluding diaryl/α,β-unsaturated/α-hetero) is 1. The van der Waals surface area contributed by atoms with Gasteiger partial charge in [0.2, 0.25) is 5.91 Å². The standard InChI is InChI=1S/C18H19ClN2O4S2/c1-12(22)13-5-7-14(8-6-13)20-18(23)15-4-2-3-11-21(15)27(24,25)17-10-9-16(19)26-17/h5-10,15H,2-4,11H2,1H3,(H,20,23). The number of halogens is 1. The minimum atomic E-state index is -3.78. The number of carbonyl (C=O) groups is 2. The van der Waals surface area contributed by atoms with E-state index >= 15 is 0 Å². The number of sulfonamides is 1. The maximum absolute atomic E-state index is 12.9. The third-order valence-electron chi connectivity index (χ3n) is 4.43. The average Bonchev–Trinajstić information content (AvgIpc) is 3.09. The van der Waals surface area contributed by atoms with Gasteiger partial charge in [-0.2, -0.15) is 4.31 Å². The monoisotopic (exact) mass is 426 g/mol. The van der Waals surface area contributed by atoms with Gasteiger partial charge in [-0.1, -0.05) is 18.0 Å². The van der Waals surface area contributed by atoms with Crippen LogP contribution in [0.1, 0.15) is 36.5 Å². The van der Waals surface area contributed by atoms with Crippen molar-refractivity contribution in [3.8, 4) is 0 Å². The van der Waals surface area contributed by atoms with Crippen molar-refractivity contribution < 1.29 is 18.0 Å². The zero-order valence-electron chi connectivity index (χ0n) is 14.6. The first kappa shape index (κ1) is 20.0. The molecular weight excluding hydrogens is 408 g/mol. The van der Waals surface area contributed by atoms with Crippen LogP contribution in [0, 0.1) is 0 Å². The second-order valence-electron chi connectivity index (χ2n) is 6.31. The second-order valence-corrected chi connectivity index (χ2v) is 10.1. The van der Waals surface area contributed by atoms with E-state index < -0.39 is 16.1 Å². The molecule has 1 fully saturated rings. The summed E-state index contributed by atoms with van der Waals surface area (Å²) in [6, 6.07) is 8.74. The van der Waals surface area contributed by atoms with Crippen LogP contribution in [-0.2, 0) is 14.8 Å². The molecule has 1 unspecified atom stereocenters. The summed E-state index contributed by atoms with van der Waals surface area (Å²) in [6.07, 6.45) is 1.93. The largest absolute Gasteiger partial charge is 0.325 e. The number of benzene rings is 1. The van der Waals surface area contributed by atoms with Crippen molar-refractivity contribution in [2.75, 3.05) is 11.9 Å². The Bertz CT molecular complexity index is 954. The fourth-order valence-electron chi connectivity index (χ4n) is 3.02. The normalized spacial score (nSPS) is 18.2. The number of nitrogens with zero attached hydrogens (tertiary/aromatic N) is 1. The van der Waals surface area contributed by atoms with Crippen LogP contribution < -0.4 is 5.32 Å². The zero-order chi connectivity index (χ0) is 19.6. The molecule has 0 saturated carbocycles. The molecule has 9 heteroatoms. The van der Waals surface area contributed by atoms with Crippen LogP contribution >= 0.6 is 22.9 Å². The molecule has 2 aromatic rings. The van der Waals surface area contributed by atoms with E-state index in [1.54, 1.807) is 24.3 Å². The van der Waals surface area contributed by atoms with Gasteiger partial charge in [0.25, 0.3) is 10.0 Å². The quantitative estimate of drug-likeness (QED) is 0.737. The fraction of sp³-hybridized carbons (Fsp3) is 0.333. The number of thiophene rings is 1. The zero-order valence-corrected chi connectivity index (χ0v) is 17.0. The number of amides is 1. The molecule has 1 aromatic heterocycles. The lowest BCUT2D eigenvalue weighted by Crippen LogP contribution is -2.49. The van der Waals surface area contributed by atoms with Crippen molar-refractivity contribution in [2.45, 2.75) is 36.4 Å². The van der Waals surface area contributed by atoms with Crippen LogP contribution in [0.5, 0.6) is 0 Å². The molecule has 1 N–H and O–H groups in total. The van der Waals surface area contributed by atoms with Crippen molar-refractivity contribution in [2.24, 2.45) is 0 Å². The molecule has 1 aromatic carbocycles. The van der Waals surface area contributed by atoms with Gasteiger partial charge < -0.3 is 5.32 Å². The summed E-state index contributed by atoms with van der Waals surface area (Å²) in [5.41, 5.74) is 1.07. The molecule has 1 amide bonds. The van der Waals surface area contributed by atoms with Crippen molar-refractivity contribution in [1.29, 1.82) is 0 Å². The molecule has 2 heterocycles. The molecule has 144 valence electrons. The van der Waals surface area contributed by atoms with Crippen LogP contribution in [-0.4, -0.2) is 37.0 Å². The third kappa shape index (κ3) is 4.40. The first-order chi connectivity index (χ1) is 12.8. The number of hydrogen-bond acceptors (Lipinski definition) is 5. The van der Waals surface area contributed by atoms with E-state index in [0.29, 0.717) is 35.0 Å². The Kier molecular flexibility index (Phi) is 6.00. The van der Waals surface area contributed by atoms with Crippen LogP contribution in [0.15, 0.2) is 40.6 Å². The Balaban J connectivity index is 1.80. The Labute approximate surface area is 167 Å². The van der Waals surface area contributed by atoms with Crippen LogP contribution in [0.4, 0.5) is 5.69 Å². The number of rotatable bonds is 5. The Morgan fingerprint density at radius 1 is 1.15 bits per heavy atom. The highest BCUT2D eigenvalue weighted by atomic mass is 35.5. The molecular formula is C18H19ClN2O4S2. The van der Waals surface area contributed by atoms with Crippen molar-refractivity contribution in [3.63, 3.8) is 0 Å². The van der Waals surface area contributed by atoms with Gasteiger partial charge in [-0.3, -0.25) is 9.59 Å². The van der Waals surface area contributed by atoms with Gasteiger partial charge in [-0.15, -0.1) is 11.3 Å². The van der Waals surface area contributed by atoms with Gasteiger partial charge in [0.1, 0.15) is 10.3 Å². The number of hydrogen-bond donors (Lipinski definition) is 1. The van der Waals surface area contributed by atoms with E-state index in [4.69, 9.17) is 11.6 Å². The lowest BCUT2D eigenvalue weighted by atomic mass is 10.0. The van der Waals surface area contributed by atoms with E-state index in [2.05, 4.69) is 5.32 Å². The highest BCUT2D eigenvalue weighted by Crippen LogP contribution is 2.32. The highest BCUT2D eigenvalue weighted by molar-refractivity contribution is 7.91. The summed E-state index contributed by atoms with van der Waals surface area (Å²) in [5, 5.41) is 2.76. The summed E-state index contributed by atoms with van der Waals surface area (Å²) >= 11 is 6.86. The lowest BCUT2D eigenvalue weighted by molar-refractivity contribution is -0.120. The van der Waals surface area contributed by atoms with Crippen LogP contribution in [0.25, 0.3) is 0 Å². The predicted molar refractivity (Wildman–Crippen MR) is 106 cm³/mol. The van der Waals surface area contributed by atoms with Gasteiger partial charge in [0, 0.05) is 17.8 Å². The molecule has 0 radical (unpaired) electrons. The Hall–Kier alpha value is -1.74. The van der Waals surface area contributed by atoms with Gasteiger partial charge in [-0.25, -0.2) is 8.42 Å². The Morgan fingerprint density at radius 3 is 2.44 bits per heavy atom. The Morgan fingerprint density at radius 2 is 1.85 bits per heavy atom. The van der Waals surface area contributed by atoms with Crippen molar-refractivity contribution in [3.05, 3.63) is 46.3 Å². The van der Waals surface area contributed by atoms with Gasteiger partial charge in [0.05, 0.1) is 4.34 Å². The van der Waals surface area contributed by atoms with Gasteiger partial charge in [0.15, 0.2) is 5.78 Å². The summed E-state index contributed by atoms with van der Waals surface area (Å²) in [7, 11) is -3.78. The molecule has 27 heavy (non-hydrogen) atoms. The van der Waals surface area contributed by atoms with E-state index in [0.717, 1.165) is 17.8 Å². The SMILES string of the molecule is CC(=O)c1ccc(NC(=O)C2CCCCN2S(=O)(=O)c2ccc(Cl)s2)cc1. The van der Waals surface area contributed by atoms with Crippen molar-refractivity contribution >= 4 is 50.3 Å². The van der Waals surface area contributed by atoms with Gasteiger partial charge >= 0.3 is 0 Å². The molecule has 1 aliphatic rings. The molecule has 6 nitrogen and oxygen atoms in total. The predicted octanol–water partition coefficient (Wildman–Crippen LogP) is 3.79. The topological polar surface area (TPSA) is 83.6 Å². The molecule has 1 atom stereocenters. The first-order valence-corrected chi connectivity index (χ1v) is 11.1. The molecule has 1 aliphatic heterocycles. The van der Waals surface area contributed by atoms with E-state index in [1.807, 2.05) is 0 Å². The minimum Gasteiger partial charge on any atom is -0.325 e. The van der Waals surface area contributed by atoms with Crippen molar-refractivity contribution in [1.82, 2.24) is 4.31 Å². The molecule has 1 saturated heterocycles. The highest BCUT2D eigenvalue weighted by Gasteiger charge is 2.38. The summed E-state index contributed by atoms with van der Waals surface area (Å²) in [5.74, 6) is -0.441. The smallest absolute Gasteiger partial charge is 0.253 e. The molecule has 0 aliphatic carbocycles. The lowest BCUT2D eigenvalue weighted by Gasteiger charge is -2.33. The summed E-state index contributed by atoms with van der Waals surface area (Å²) in [4.78, 5) is 24.1. The average molecular weight is 427 g/mol. The first-order valence-electron chi connectivity index (χ1n) is 8.48. The van der Waals surface area contributed by atoms with E-state index in [9.17, 15) is 18.0 Å².